The maximum atomic E-state index is 13.7. The number of ether oxygens (including phenoxy) is 2. The van der Waals surface area contributed by atoms with Gasteiger partial charge in [0.15, 0.2) is 5.84 Å². The molecule has 2 aliphatic heterocycles. The first-order valence-corrected chi connectivity index (χ1v) is 16.2. The second kappa shape index (κ2) is 11.7. The number of nitrogens with zero attached hydrogens (tertiary/aromatic N) is 4. The van der Waals surface area contributed by atoms with E-state index in [1.165, 1.54) is 6.07 Å². The molecule has 2 aromatic carbocycles. The first-order chi connectivity index (χ1) is 20.0. The minimum absolute atomic E-state index is 0.0820. The Bertz CT molecular complexity index is 1580. The summed E-state index contributed by atoms with van der Waals surface area (Å²) in [6.07, 6.45) is 1.82. The lowest BCUT2D eigenvalue weighted by atomic mass is 9.76. The molecular formula is C32H42N4O6S. The highest BCUT2D eigenvalue weighted by Crippen LogP contribution is 2.47. The van der Waals surface area contributed by atoms with E-state index in [9.17, 15) is 18.0 Å². The summed E-state index contributed by atoms with van der Waals surface area (Å²) in [5.74, 6) is 0.527. The van der Waals surface area contributed by atoms with E-state index >= 15 is 0 Å². The molecule has 0 N–H and O–H groups in total. The third kappa shape index (κ3) is 6.32. The summed E-state index contributed by atoms with van der Waals surface area (Å²) in [7, 11) is -3.94. The summed E-state index contributed by atoms with van der Waals surface area (Å²) in [5.41, 5.74) is 0.741. The van der Waals surface area contributed by atoms with Crippen molar-refractivity contribution in [2.45, 2.75) is 97.2 Å². The SMILES string of the molecule is CCC1(CC)C(=O)N(C(=O)OC(C)(C)C)c2ccc(/C=N/N(CC(C)C)C3=NS(=O)(=O)c4cc(OC(C)C)ccc43)cc21. The number of anilines is 1. The molecule has 0 atom stereocenters. The monoisotopic (exact) mass is 610 g/mol. The second-order valence-corrected chi connectivity index (χ2v) is 14.2. The van der Waals surface area contributed by atoms with Gasteiger partial charge in [0, 0.05) is 18.2 Å². The number of carbonyl (C=O) groups excluding carboxylic acids is 2. The molecule has 2 amide bonds. The van der Waals surface area contributed by atoms with Gasteiger partial charge in [-0.05, 0) is 88.8 Å². The third-order valence-electron chi connectivity index (χ3n) is 7.35. The van der Waals surface area contributed by atoms with Crippen molar-refractivity contribution in [3.8, 4) is 5.75 Å². The molecule has 232 valence electrons. The summed E-state index contributed by atoms with van der Waals surface area (Å²) in [5, 5.41) is 6.28. The van der Waals surface area contributed by atoms with Crippen molar-refractivity contribution < 1.29 is 27.5 Å². The van der Waals surface area contributed by atoms with E-state index in [0.29, 0.717) is 42.0 Å². The van der Waals surface area contributed by atoms with Crippen LogP contribution in [-0.2, 0) is 25.0 Å². The van der Waals surface area contributed by atoms with Gasteiger partial charge in [-0.3, -0.25) is 4.79 Å². The number of fused-ring (bicyclic) bond motifs is 2. The molecule has 0 unspecified atom stereocenters. The molecular weight excluding hydrogens is 568 g/mol. The molecule has 0 aromatic heterocycles. The predicted octanol–water partition coefficient (Wildman–Crippen LogP) is 6.25. The predicted molar refractivity (Wildman–Crippen MR) is 167 cm³/mol. The zero-order chi connectivity index (χ0) is 31.9. The van der Waals surface area contributed by atoms with Crippen molar-refractivity contribution in [1.29, 1.82) is 0 Å². The van der Waals surface area contributed by atoms with Crippen LogP contribution < -0.4 is 9.64 Å². The third-order valence-corrected chi connectivity index (χ3v) is 8.66. The van der Waals surface area contributed by atoms with Crippen molar-refractivity contribution in [1.82, 2.24) is 5.01 Å². The lowest BCUT2D eigenvalue weighted by Gasteiger charge is -2.27. The highest BCUT2D eigenvalue weighted by molar-refractivity contribution is 7.90. The fourth-order valence-electron chi connectivity index (χ4n) is 5.39. The molecule has 0 saturated heterocycles. The Kier molecular flexibility index (Phi) is 8.79. The summed E-state index contributed by atoms with van der Waals surface area (Å²) >= 11 is 0. The fraction of sp³-hybridized carbons (Fsp3) is 0.500. The van der Waals surface area contributed by atoms with Crippen LogP contribution in [0.2, 0.25) is 0 Å². The number of rotatable bonds is 8. The Labute approximate surface area is 254 Å². The second-order valence-electron chi connectivity index (χ2n) is 12.6. The first kappa shape index (κ1) is 32.2. The van der Waals surface area contributed by atoms with Crippen LogP contribution in [0.15, 0.2) is 50.8 Å². The normalized spacial score (nSPS) is 17.0. The molecule has 0 bridgehead atoms. The lowest BCUT2D eigenvalue weighted by Crippen LogP contribution is -2.44. The number of hydrogen-bond donors (Lipinski definition) is 0. The highest BCUT2D eigenvalue weighted by atomic mass is 32.2. The molecule has 0 spiro atoms. The van der Waals surface area contributed by atoms with Gasteiger partial charge in [-0.25, -0.2) is 14.7 Å². The van der Waals surface area contributed by atoms with Crippen LogP contribution in [0.3, 0.4) is 0 Å². The van der Waals surface area contributed by atoms with Gasteiger partial charge in [-0.15, -0.1) is 4.40 Å². The van der Waals surface area contributed by atoms with Crippen molar-refractivity contribution in [2.75, 3.05) is 11.4 Å². The molecule has 43 heavy (non-hydrogen) atoms. The van der Waals surface area contributed by atoms with E-state index < -0.39 is 27.1 Å². The average Bonchev–Trinajstić information content (AvgIpc) is 3.31. The van der Waals surface area contributed by atoms with Crippen LogP contribution in [0, 0.1) is 5.92 Å². The van der Waals surface area contributed by atoms with E-state index in [2.05, 4.69) is 9.50 Å². The maximum absolute atomic E-state index is 13.7. The summed E-state index contributed by atoms with van der Waals surface area (Å²) in [6, 6.07) is 10.3. The van der Waals surface area contributed by atoms with Crippen LogP contribution in [0.25, 0.3) is 0 Å². The number of amides is 2. The lowest BCUT2D eigenvalue weighted by molar-refractivity contribution is -0.123. The summed E-state index contributed by atoms with van der Waals surface area (Å²) in [6.45, 7) is 17.3. The molecule has 0 fully saturated rings. The molecule has 0 aliphatic carbocycles. The average molecular weight is 611 g/mol. The van der Waals surface area contributed by atoms with Gasteiger partial charge < -0.3 is 9.47 Å². The van der Waals surface area contributed by atoms with Crippen molar-refractivity contribution in [3.05, 3.63) is 53.1 Å². The number of sulfonamides is 1. The molecule has 11 heteroatoms. The first-order valence-electron chi connectivity index (χ1n) is 14.7. The summed E-state index contributed by atoms with van der Waals surface area (Å²) < 4.78 is 41.4. The molecule has 0 radical (unpaired) electrons. The van der Waals surface area contributed by atoms with Gasteiger partial charge in [0.2, 0.25) is 5.91 Å². The number of imide groups is 1. The number of hydrazone groups is 1. The Balaban J connectivity index is 1.73. The number of benzene rings is 2. The van der Waals surface area contributed by atoms with Crippen molar-refractivity contribution in [2.24, 2.45) is 15.4 Å². The van der Waals surface area contributed by atoms with E-state index in [1.54, 1.807) is 56.3 Å². The van der Waals surface area contributed by atoms with Crippen molar-refractivity contribution >= 4 is 39.8 Å². The van der Waals surface area contributed by atoms with E-state index in [1.807, 2.05) is 47.6 Å². The van der Waals surface area contributed by atoms with E-state index in [0.717, 1.165) is 10.5 Å². The topological polar surface area (TPSA) is 118 Å². The Morgan fingerprint density at radius 1 is 1.09 bits per heavy atom. The molecule has 2 heterocycles. The maximum Gasteiger partial charge on any atom is 0.421 e. The van der Waals surface area contributed by atoms with Crippen molar-refractivity contribution in [3.63, 3.8) is 0 Å². The van der Waals surface area contributed by atoms with Gasteiger partial charge in [-0.2, -0.15) is 13.5 Å². The Morgan fingerprint density at radius 2 is 1.77 bits per heavy atom. The summed E-state index contributed by atoms with van der Waals surface area (Å²) in [4.78, 5) is 28.0. The molecule has 4 rings (SSSR count). The number of carbonyl (C=O) groups is 2. The fourth-order valence-corrected chi connectivity index (χ4v) is 6.61. The van der Waals surface area contributed by atoms with Gasteiger partial charge in [-0.1, -0.05) is 33.8 Å². The largest absolute Gasteiger partial charge is 0.491 e. The zero-order valence-electron chi connectivity index (χ0n) is 26.5. The van der Waals surface area contributed by atoms with Gasteiger partial charge in [0.1, 0.15) is 16.2 Å². The van der Waals surface area contributed by atoms with E-state index in [-0.39, 0.29) is 28.7 Å². The molecule has 2 aromatic rings. The molecule has 0 saturated carbocycles. The van der Waals surface area contributed by atoms with Gasteiger partial charge in [0.05, 0.1) is 23.4 Å². The highest BCUT2D eigenvalue weighted by Gasteiger charge is 2.51. The van der Waals surface area contributed by atoms with E-state index in [4.69, 9.17) is 9.47 Å². The minimum Gasteiger partial charge on any atom is -0.491 e. The minimum atomic E-state index is -3.94. The quantitative estimate of drug-likeness (QED) is 0.256. The van der Waals surface area contributed by atoms with Crippen LogP contribution in [-0.4, -0.2) is 55.7 Å². The number of amidine groups is 1. The Morgan fingerprint density at radius 3 is 2.35 bits per heavy atom. The van der Waals surface area contributed by atoms with Crippen LogP contribution in [0.1, 0.15) is 91.8 Å². The van der Waals surface area contributed by atoms with Crippen LogP contribution >= 0.6 is 0 Å². The molecule has 10 nitrogen and oxygen atoms in total. The zero-order valence-corrected chi connectivity index (χ0v) is 27.3. The van der Waals surface area contributed by atoms with Gasteiger partial charge >= 0.3 is 6.09 Å². The van der Waals surface area contributed by atoms with Crippen LogP contribution in [0.5, 0.6) is 5.75 Å². The standard InChI is InChI=1S/C32H42N4O6S/c1-10-32(11-2)25-16-22(12-15-26(25)36(29(32)37)30(38)42-31(7,8)9)18-33-35(19-20(3)4)28-24-14-13-23(41-21(5)6)17-27(24)43(39,40)34-28/h12-18,20-21H,10-11,19H2,1-9H3/b33-18+. The Hall–Kier alpha value is -3.73. The number of hydrogen-bond acceptors (Lipinski definition) is 8. The van der Waals surface area contributed by atoms with Crippen LogP contribution in [0.4, 0.5) is 10.5 Å². The van der Waals surface area contributed by atoms with Gasteiger partial charge in [0.25, 0.3) is 10.0 Å². The molecule has 2 aliphatic rings. The smallest absolute Gasteiger partial charge is 0.421 e.